The minimum atomic E-state index is -0.960. The van der Waals surface area contributed by atoms with E-state index < -0.39 is 36.1 Å². The minimum absolute atomic E-state index is 0.0219. The summed E-state index contributed by atoms with van der Waals surface area (Å²) >= 11 is 7.59. The highest BCUT2D eigenvalue weighted by Gasteiger charge is 2.36. The number of thioether (sulfide) groups is 1. The number of hydrogen-bond donors (Lipinski definition) is 8. The average molecular weight is 1100 g/mol. The fourth-order valence-electron chi connectivity index (χ4n) is 9.01. The lowest BCUT2D eigenvalue weighted by atomic mass is 9.95. The Bertz CT molecular complexity index is 3610. The van der Waals surface area contributed by atoms with Gasteiger partial charge in [0.1, 0.15) is 22.9 Å². The number of benzene rings is 5. The van der Waals surface area contributed by atoms with Crippen molar-refractivity contribution in [2.24, 2.45) is 11.0 Å². The number of H-pyrrole nitrogens is 2. The summed E-state index contributed by atoms with van der Waals surface area (Å²) in [7, 11) is 1.55. The first-order valence-corrected chi connectivity index (χ1v) is 26.2. The Morgan fingerprint density at radius 2 is 1.50 bits per heavy atom. The molecule has 0 spiro atoms. The highest BCUT2D eigenvalue weighted by Crippen LogP contribution is 2.46. The number of methoxy groups -OCH3 is 1. The van der Waals surface area contributed by atoms with Crippen LogP contribution in [-0.2, 0) is 25.6 Å². The number of carboxylic acid groups (broad SMARTS) is 1. The lowest BCUT2D eigenvalue weighted by Gasteiger charge is -2.20. The normalized spacial score (nSPS) is 14.1. The van der Waals surface area contributed by atoms with Crippen LogP contribution in [0.1, 0.15) is 71.5 Å². The van der Waals surface area contributed by atoms with Gasteiger partial charge >= 0.3 is 18.0 Å². The van der Waals surface area contributed by atoms with Crippen LogP contribution in [0.4, 0.5) is 21.9 Å². The van der Waals surface area contributed by atoms with E-state index in [4.69, 9.17) is 30.5 Å². The van der Waals surface area contributed by atoms with E-state index in [-0.39, 0.29) is 60.7 Å². The number of ether oxygens (including phenoxy) is 4. The van der Waals surface area contributed by atoms with Crippen LogP contribution < -0.4 is 30.4 Å². The van der Waals surface area contributed by atoms with Crippen LogP contribution >= 0.6 is 23.4 Å². The number of amides is 4. The van der Waals surface area contributed by atoms with Gasteiger partial charge in [0.2, 0.25) is 5.88 Å². The number of halogens is 1. The molecule has 0 fully saturated rings. The van der Waals surface area contributed by atoms with Gasteiger partial charge in [0.15, 0.2) is 12.2 Å². The third-order valence-corrected chi connectivity index (χ3v) is 14.7. The molecular formula is C56H55ClN8O12S. The number of nitrogens with one attached hydrogen (secondary N) is 5. The van der Waals surface area contributed by atoms with Gasteiger partial charge in [0.05, 0.1) is 43.4 Å². The number of aliphatic carboxylic acids is 1. The molecular weight excluding hydrogens is 1040 g/mol. The van der Waals surface area contributed by atoms with Crippen LogP contribution in [0.5, 0.6) is 23.3 Å². The van der Waals surface area contributed by atoms with Crippen molar-refractivity contribution < 1.29 is 58.2 Å². The van der Waals surface area contributed by atoms with Crippen molar-refractivity contribution in [1.82, 2.24) is 20.0 Å². The third-order valence-electron chi connectivity index (χ3n) is 13.0. The zero-order valence-corrected chi connectivity index (χ0v) is 44.3. The number of carbonyl (C=O) groups is 5. The largest absolute Gasteiger partial charge is 0.497 e. The van der Waals surface area contributed by atoms with Crippen molar-refractivity contribution in [3.8, 4) is 23.3 Å². The van der Waals surface area contributed by atoms with Gasteiger partial charge in [-0.1, -0.05) is 43.3 Å². The van der Waals surface area contributed by atoms with Crippen molar-refractivity contribution in [3.63, 3.8) is 0 Å². The molecule has 404 valence electrons. The number of fused-ring (bicyclic) bond motifs is 5. The number of carboxylic acids is 1. The molecule has 20 nitrogen and oxygen atoms in total. The molecule has 0 saturated carbocycles. The molecule has 4 amide bonds. The second kappa shape index (κ2) is 23.8. The lowest BCUT2D eigenvalue weighted by molar-refractivity contribution is -0.147. The maximum Gasteiger partial charge on any atom is 0.339 e. The first-order chi connectivity index (χ1) is 37.6. The van der Waals surface area contributed by atoms with Gasteiger partial charge in [-0.2, -0.15) is 5.10 Å². The molecule has 4 heterocycles. The van der Waals surface area contributed by atoms with Crippen LogP contribution in [0.25, 0.3) is 32.6 Å². The van der Waals surface area contributed by atoms with Crippen LogP contribution in [0, 0.1) is 5.92 Å². The van der Waals surface area contributed by atoms with Crippen LogP contribution in [0.15, 0.2) is 119 Å². The summed E-state index contributed by atoms with van der Waals surface area (Å²) in [5.41, 5.74) is 8.12. The van der Waals surface area contributed by atoms with Crippen LogP contribution in [0.2, 0.25) is 0 Å². The highest BCUT2D eigenvalue weighted by atomic mass is 35.5. The number of anilines is 3. The van der Waals surface area contributed by atoms with Gasteiger partial charge in [0.25, 0.3) is 11.8 Å². The summed E-state index contributed by atoms with van der Waals surface area (Å²) in [6, 6.07) is 30.9. The zero-order valence-electron chi connectivity index (χ0n) is 42.7. The highest BCUT2D eigenvalue weighted by molar-refractivity contribution is 7.99. The molecule has 0 radical (unpaired) electrons. The number of aromatic hydroxyl groups is 2. The standard InChI is InChI=1S/C56H55ClN8O12S/c1-30(54(71)72)29-78-48-26-49(67)64(53(48)70)18-20-76-55(33-9-13-39(74-4)14-10-33)75-19-17-31(2)62-63-56(73)59-38-12-16-42-34(22-38)23-44(60-42)51(68)58-37-11-15-43-35(21-37)24-45(61-43)52(69)65-28-36(27-57)50-41-8-6-5-7-40(41)47(25-46(50)65)77-32(3)66/h5-16,21-26,30,36,55,60-61,67,70H,17-20,27-29H2,1-4H3,(H,58,68)(H,71,72)(H2,59,63,73)/t30-,36?,55?/m1/s1. The molecule has 0 bridgehead atoms. The van der Waals surface area contributed by atoms with E-state index in [1.807, 2.05) is 24.3 Å². The number of carbonyl (C=O) groups excluding carboxylic acids is 4. The Morgan fingerprint density at radius 3 is 2.18 bits per heavy atom. The Balaban J connectivity index is 0.780. The van der Waals surface area contributed by atoms with Gasteiger partial charge in [-0.25, -0.2) is 10.2 Å². The molecule has 1 aliphatic rings. The van der Waals surface area contributed by atoms with Gasteiger partial charge in [0, 0.05) is 99.4 Å². The van der Waals surface area contributed by atoms with Crippen molar-refractivity contribution in [2.45, 2.75) is 50.8 Å². The molecule has 22 heteroatoms. The van der Waals surface area contributed by atoms with Crippen molar-refractivity contribution in [3.05, 3.63) is 132 Å². The summed E-state index contributed by atoms with van der Waals surface area (Å²) in [5.74, 6) is -1.88. The molecule has 5 aromatic carbocycles. The molecule has 9 rings (SSSR count). The maximum absolute atomic E-state index is 14.2. The van der Waals surface area contributed by atoms with E-state index in [9.17, 15) is 39.3 Å². The molecule has 3 atom stereocenters. The minimum Gasteiger partial charge on any atom is -0.497 e. The second-order valence-electron chi connectivity index (χ2n) is 18.5. The van der Waals surface area contributed by atoms with Crippen molar-refractivity contribution in [2.75, 3.05) is 54.0 Å². The van der Waals surface area contributed by atoms with Crippen LogP contribution in [-0.4, -0.2) is 104 Å². The summed E-state index contributed by atoms with van der Waals surface area (Å²) in [5, 5.41) is 43.3. The Labute approximate surface area is 455 Å². The predicted molar refractivity (Wildman–Crippen MR) is 298 cm³/mol. The molecule has 8 aromatic rings. The number of alkyl halides is 1. The van der Waals surface area contributed by atoms with Crippen LogP contribution in [0.3, 0.4) is 0 Å². The van der Waals surface area contributed by atoms with E-state index in [1.54, 1.807) is 105 Å². The summed E-state index contributed by atoms with van der Waals surface area (Å²) in [4.78, 5) is 72.3. The van der Waals surface area contributed by atoms with E-state index in [1.165, 1.54) is 17.6 Å². The third kappa shape index (κ3) is 12.2. The average Bonchev–Trinajstić information content (AvgIpc) is 4.28. The lowest BCUT2D eigenvalue weighted by Crippen LogP contribution is -2.30. The summed E-state index contributed by atoms with van der Waals surface area (Å²) in [6.07, 6.45) is -0.545. The number of nitrogens with zero attached hydrogens (tertiary/aromatic N) is 3. The van der Waals surface area contributed by atoms with Crippen molar-refractivity contribution in [1.29, 1.82) is 0 Å². The van der Waals surface area contributed by atoms with E-state index in [2.05, 4.69) is 31.1 Å². The second-order valence-corrected chi connectivity index (χ2v) is 19.9. The van der Waals surface area contributed by atoms with Gasteiger partial charge in [-0.15, -0.1) is 23.4 Å². The summed E-state index contributed by atoms with van der Waals surface area (Å²) < 4.78 is 24.3. The first kappa shape index (κ1) is 54.3. The number of hydrazone groups is 1. The fraction of sp³-hybridized carbons (Fsp3) is 0.250. The molecule has 1 aliphatic heterocycles. The molecule has 2 unspecified atom stereocenters. The fourth-order valence-corrected chi connectivity index (χ4v) is 10.3. The molecule has 8 N–H and O–H groups in total. The maximum atomic E-state index is 14.2. The molecule has 0 saturated heterocycles. The summed E-state index contributed by atoms with van der Waals surface area (Å²) in [6.45, 7) is 5.18. The quantitative estimate of drug-likeness (QED) is 0.00633. The molecule has 78 heavy (non-hydrogen) atoms. The molecule has 3 aromatic heterocycles. The number of aromatic nitrogens is 3. The van der Waals surface area contributed by atoms with Gasteiger partial charge in [-0.05, 0) is 78.5 Å². The number of rotatable bonds is 21. The molecule has 0 aliphatic carbocycles. The predicted octanol–water partition coefficient (Wildman–Crippen LogP) is 10.3. The first-order valence-electron chi connectivity index (χ1n) is 24.7. The number of hydrogen-bond acceptors (Lipinski definition) is 13. The monoisotopic (exact) mass is 1100 g/mol. The van der Waals surface area contributed by atoms with Crippen molar-refractivity contribution >= 4 is 108 Å². The topological polar surface area (TPSA) is 271 Å². The number of esters is 1. The van der Waals surface area contributed by atoms with E-state index >= 15 is 0 Å². The van der Waals surface area contributed by atoms with E-state index in [0.717, 1.165) is 28.1 Å². The Hall–Kier alpha value is -8.50. The van der Waals surface area contributed by atoms with Gasteiger partial charge < -0.3 is 59.8 Å². The number of urea groups is 1. The smallest absolute Gasteiger partial charge is 0.339 e. The Morgan fingerprint density at radius 1 is 0.833 bits per heavy atom. The van der Waals surface area contributed by atoms with Gasteiger partial charge in [-0.3, -0.25) is 23.7 Å². The SMILES string of the molecule is COc1ccc(C(OCCC(C)=NNC(=O)Nc2ccc3[nH]c(C(=O)Nc4ccc5[nH]c(C(=O)N6CC(CCl)c7c6cc(OC(C)=O)c6ccccc76)cc5c4)cc3c2)OCCn2c(O)cc(SC[C@@H](C)C(=O)O)c2O)cc1. The van der Waals surface area contributed by atoms with E-state index in [0.29, 0.717) is 85.2 Å². The number of aromatic amines is 2. The zero-order chi connectivity index (χ0) is 55.2. The Kier molecular flexibility index (Phi) is 16.6.